The number of esters is 1. The molecule has 0 radical (unpaired) electrons. The molecule has 0 aliphatic carbocycles. The lowest BCUT2D eigenvalue weighted by Crippen LogP contribution is -1.89. The Labute approximate surface area is 84.2 Å². The van der Waals surface area contributed by atoms with Gasteiger partial charge >= 0.3 is 5.97 Å². The number of benzene rings is 1. The number of hydrogen-bond donors (Lipinski definition) is 0. The molecule has 0 saturated heterocycles. The Bertz CT molecular complexity index is 301. The molecule has 0 fully saturated rings. The van der Waals surface area contributed by atoms with Crippen molar-refractivity contribution in [2.24, 2.45) is 0 Å². The summed E-state index contributed by atoms with van der Waals surface area (Å²) >= 11 is 0. The van der Waals surface area contributed by atoms with Gasteiger partial charge in [0.1, 0.15) is 0 Å². The fourth-order valence-corrected chi connectivity index (χ4v) is 1.11. The van der Waals surface area contributed by atoms with Crippen LogP contribution < -0.4 is 0 Å². The molecule has 1 rings (SSSR count). The van der Waals surface area contributed by atoms with E-state index >= 15 is 0 Å². The predicted octanol–water partition coefficient (Wildman–Crippen LogP) is 2.70. The number of rotatable bonds is 4. The molecule has 0 amide bonds. The first-order valence-electron chi connectivity index (χ1n) is 4.65. The fraction of sp³-hybridized carbons (Fsp3) is 0.250. The van der Waals surface area contributed by atoms with E-state index in [9.17, 15) is 4.79 Å². The van der Waals surface area contributed by atoms with Gasteiger partial charge in [-0.05, 0) is 24.5 Å². The second-order valence-corrected chi connectivity index (χ2v) is 3.01. The maximum atomic E-state index is 10.4. The third kappa shape index (κ3) is 4.45. The van der Waals surface area contributed by atoms with Crippen LogP contribution in [0.25, 0.3) is 0 Å². The van der Waals surface area contributed by atoms with Crippen LogP contribution in [0.1, 0.15) is 18.9 Å². The van der Waals surface area contributed by atoms with Gasteiger partial charge in [-0.15, -0.1) is 0 Å². The summed E-state index contributed by atoms with van der Waals surface area (Å²) in [5.41, 5.74) is 1.29. The summed E-state index contributed by atoms with van der Waals surface area (Å²) in [6.07, 6.45) is 5.16. The molecule has 2 nitrogen and oxygen atoms in total. The summed E-state index contributed by atoms with van der Waals surface area (Å²) in [5, 5.41) is 0. The number of ether oxygens (including phenoxy) is 1. The fourth-order valence-electron chi connectivity index (χ4n) is 1.11. The molecule has 0 atom stereocenters. The molecule has 1 aromatic rings. The lowest BCUT2D eigenvalue weighted by atomic mass is 10.1. The van der Waals surface area contributed by atoms with E-state index in [0.29, 0.717) is 0 Å². The minimum Gasteiger partial charge on any atom is -0.435 e. The number of allylic oxidation sites excluding steroid dienone is 1. The molecule has 0 spiro atoms. The summed E-state index contributed by atoms with van der Waals surface area (Å²) < 4.78 is 4.66. The zero-order valence-corrected chi connectivity index (χ0v) is 8.27. The van der Waals surface area contributed by atoms with Crippen molar-refractivity contribution in [1.29, 1.82) is 0 Å². The third-order valence-electron chi connectivity index (χ3n) is 1.77. The van der Waals surface area contributed by atoms with Crippen molar-refractivity contribution >= 4 is 5.97 Å². The van der Waals surface area contributed by atoms with Crippen molar-refractivity contribution in [1.82, 2.24) is 0 Å². The van der Waals surface area contributed by atoms with E-state index in [1.54, 1.807) is 0 Å². The van der Waals surface area contributed by atoms with E-state index < -0.39 is 0 Å². The van der Waals surface area contributed by atoms with E-state index in [4.69, 9.17) is 0 Å². The largest absolute Gasteiger partial charge is 0.435 e. The summed E-state index contributed by atoms with van der Waals surface area (Å²) in [6.45, 7) is 1.39. The van der Waals surface area contributed by atoms with E-state index in [-0.39, 0.29) is 5.97 Å². The highest BCUT2D eigenvalue weighted by atomic mass is 16.5. The van der Waals surface area contributed by atoms with Crippen molar-refractivity contribution in [2.45, 2.75) is 19.8 Å². The number of aryl methyl sites for hydroxylation is 1. The van der Waals surface area contributed by atoms with Crippen LogP contribution in [0, 0.1) is 0 Å². The lowest BCUT2D eigenvalue weighted by Gasteiger charge is -1.96. The molecule has 0 saturated carbocycles. The van der Waals surface area contributed by atoms with Crippen molar-refractivity contribution < 1.29 is 9.53 Å². The summed E-state index contributed by atoms with van der Waals surface area (Å²) in [7, 11) is 0. The maximum Gasteiger partial charge on any atom is 0.307 e. The second-order valence-electron chi connectivity index (χ2n) is 3.01. The Morgan fingerprint density at radius 1 is 1.36 bits per heavy atom. The first-order valence-corrected chi connectivity index (χ1v) is 4.65. The molecule has 14 heavy (non-hydrogen) atoms. The van der Waals surface area contributed by atoms with Gasteiger partial charge in [0.15, 0.2) is 0 Å². The topological polar surface area (TPSA) is 26.3 Å². The molecule has 2 heteroatoms. The molecule has 74 valence electrons. The van der Waals surface area contributed by atoms with E-state index in [1.807, 2.05) is 24.3 Å². The van der Waals surface area contributed by atoms with Crippen molar-refractivity contribution in [3.05, 3.63) is 48.2 Å². The molecule has 0 aromatic heterocycles. The molecule has 0 aliphatic heterocycles. The molecular formula is C12H14O2. The van der Waals surface area contributed by atoms with Gasteiger partial charge in [-0.25, -0.2) is 0 Å². The van der Waals surface area contributed by atoms with E-state index in [0.717, 1.165) is 12.8 Å². The highest BCUT2D eigenvalue weighted by molar-refractivity contribution is 5.66. The standard InChI is InChI=1S/C12H14O2/c1-11(13)14-10-6-5-9-12-7-3-2-4-8-12/h2-4,6-8,10H,5,9H2,1H3. The quantitative estimate of drug-likeness (QED) is 0.539. The first kappa shape index (κ1) is 10.5. The minimum absolute atomic E-state index is 0.277. The van der Waals surface area contributed by atoms with Crippen LogP contribution in [0.5, 0.6) is 0 Å². The van der Waals surface area contributed by atoms with Crippen LogP contribution in [0.2, 0.25) is 0 Å². The van der Waals surface area contributed by atoms with Gasteiger partial charge in [0.05, 0.1) is 6.26 Å². The molecule has 0 heterocycles. The van der Waals surface area contributed by atoms with Gasteiger partial charge in [0, 0.05) is 6.92 Å². The second kappa shape index (κ2) is 5.97. The van der Waals surface area contributed by atoms with Crippen molar-refractivity contribution in [3.63, 3.8) is 0 Å². The van der Waals surface area contributed by atoms with Crippen molar-refractivity contribution in [2.75, 3.05) is 0 Å². The molecule has 1 aromatic carbocycles. The highest BCUT2D eigenvalue weighted by Gasteiger charge is 1.88. The molecule has 0 N–H and O–H groups in total. The zero-order chi connectivity index (χ0) is 10.2. The van der Waals surface area contributed by atoms with Gasteiger partial charge in [-0.2, -0.15) is 0 Å². The Kier molecular flexibility index (Phi) is 4.48. The Morgan fingerprint density at radius 2 is 2.07 bits per heavy atom. The zero-order valence-electron chi connectivity index (χ0n) is 8.27. The van der Waals surface area contributed by atoms with Gasteiger partial charge in [-0.3, -0.25) is 4.79 Å². The van der Waals surface area contributed by atoms with E-state index in [2.05, 4.69) is 16.9 Å². The summed E-state index contributed by atoms with van der Waals surface area (Å²) in [5.74, 6) is -0.277. The summed E-state index contributed by atoms with van der Waals surface area (Å²) in [4.78, 5) is 10.4. The van der Waals surface area contributed by atoms with Crippen LogP contribution in [-0.4, -0.2) is 5.97 Å². The number of carbonyl (C=O) groups is 1. The van der Waals surface area contributed by atoms with Crippen LogP contribution >= 0.6 is 0 Å². The number of hydrogen-bond acceptors (Lipinski definition) is 2. The molecular weight excluding hydrogens is 176 g/mol. The van der Waals surface area contributed by atoms with Crippen LogP contribution in [-0.2, 0) is 16.0 Å². The Hall–Kier alpha value is -1.57. The molecule has 0 bridgehead atoms. The highest BCUT2D eigenvalue weighted by Crippen LogP contribution is 2.02. The Balaban J connectivity index is 2.22. The van der Waals surface area contributed by atoms with Gasteiger partial charge in [0.2, 0.25) is 0 Å². The van der Waals surface area contributed by atoms with Crippen LogP contribution in [0.4, 0.5) is 0 Å². The summed E-state index contributed by atoms with van der Waals surface area (Å²) in [6, 6.07) is 10.2. The molecule has 0 unspecified atom stereocenters. The van der Waals surface area contributed by atoms with Gasteiger partial charge < -0.3 is 4.74 Å². The third-order valence-corrected chi connectivity index (χ3v) is 1.77. The number of carbonyl (C=O) groups excluding carboxylic acids is 1. The average molecular weight is 190 g/mol. The van der Waals surface area contributed by atoms with Gasteiger partial charge in [-0.1, -0.05) is 30.3 Å². The Morgan fingerprint density at radius 3 is 2.71 bits per heavy atom. The minimum atomic E-state index is -0.277. The average Bonchev–Trinajstić information content (AvgIpc) is 2.18. The normalized spacial score (nSPS) is 10.4. The monoisotopic (exact) mass is 190 g/mol. The van der Waals surface area contributed by atoms with E-state index in [1.165, 1.54) is 18.7 Å². The maximum absolute atomic E-state index is 10.4. The predicted molar refractivity (Wildman–Crippen MR) is 55.7 cm³/mol. The van der Waals surface area contributed by atoms with Crippen LogP contribution in [0.15, 0.2) is 42.7 Å². The smallest absolute Gasteiger partial charge is 0.307 e. The SMILES string of the molecule is CC(=O)OC=CCCc1ccccc1. The first-order chi connectivity index (χ1) is 6.79. The van der Waals surface area contributed by atoms with Crippen LogP contribution in [0.3, 0.4) is 0 Å². The van der Waals surface area contributed by atoms with Crippen molar-refractivity contribution in [3.8, 4) is 0 Å². The lowest BCUT2D eigenvalue weighted by molar-refractivity contribution is -0.135. The molecule has 0 aliphatic rings. The van der Waals surface area contributed by atoms with Gasteiger partial charge in [0.25, 0.3) is 0 Å².